The number of carbonyl (C=O) groups is 3. The molecule has 2 fully saturated rings. The van der Waals surface area contributed by atoms with E-state index in [-0.39, 0.29) is 65.2 Å². The van der Waals surface area contributed by atoms with Gasteiger partial charge in [-0.3, -0.25) is 19.6 Å². The average molecular weight is 566 g/mol. The van der Waals surface area contributed by atoms with Crippen molar-refractivity contribution in [1.82, 2.24) is 4.98 Å². The highest BCUT2D eigenvalue weighted by Crippen LogP contribution is 2.45. The SMILES string of the molecule is CCOC(=O)[C@H](Cc1ccc(NC(=O)c2c(Cl)cncc2Cl)cc1)N=C1CC(=O)C12CCS(=O)(=O)CC2. The first-order chi connectivity index (χ1) is 17.5. The van der Waals surface area contributed by atoms with Gasteiger partial charge in [-0.2, -0.15) is 0 Å². The molecule has 1 atom stereocenters. The molecular weight excluding hydrogens is 541 g/mol. The van der Waals surface area contributed by atoms with E-state index in [2.05, 4.69) is 15.3 Å². The van der Waals surface area contributed by atoms with Crippen molar-refractivity contribution in [1.29, 1.82) is 0 Å². The van der Waals surface area contributed by atoms with Crippen molar-refractivity contribution < 1.29 is 27.5 Å². The summed E-state index contributed by atoms with van der Waals surface area (Å²) < 4.78 is 29.0. The van der Waals surface area contributed by atoms with E-state index < -0.39 is 33.2 Å². The Morgan fingerprint density at radius 1 is 1.14 bits per heavy atom. The fraction of sp³-hybridized carbons (Fsp3) is 0.400. The molecule has 1 aromatic heterocycles. The summed E-state index contributed by atoms with van der Waals surface area (Å²) in [6, 6.07) is 5.95. The van der Waals surface area contributed by atoms with Crippen LogP contribution in [-0.4, -0.2) is 60.9 Å². The summed E-state index contributed by atoms with van der Waals surface area (Å²) in [5.74, 6) is -1.17. The van der Waals surface area contributed by atoms with Gasteiger partial charge in [0.25, 0.3) is 5.91 Å². The first-order valence-electron chi connectivity index (χ1n) is 11.7. The van der Waals surface area contributed by atoms with Crippen molar-refractivity contribution in [3.05, 3.63) is 57.8 Å². The Bertz CT molecular complexity index is 1340. The lowest BCUT2D eigenvalue weighted by molar-refractivity contribution is -0.144. The van der Waals surface area contributed by atoms with Gasteiger partial charge >= 0.3 is 5.97 Å². The maximum Gasteiger partial charge on any atom is 0.331 e. The van der Waals surface area contributed by atoms with Crippen molar-refractivity contribution in [2.45, 2.75) is 38.6 Å². The van der Waals surface area contributed by atoms with E-state index in [0.29, 0.717) is 11.4 Å². The summed E-state index contributed by atoms with van der Waals surface area (Å²) in [7, 11) is -3.16. The number of aromatic nitrogens is 1. The van der Waals surface area contributed by atoms with Crippen LogP contribution < -0.4 is 5.32 Å². The number of sulfone groups is 1. The van der Waals surface area contributed by atoms with E-state index in [1.807, 2.05) is 0 Å². The highest BCUT2D eigenvalue weighted by Gasteiger charge is 2.54. The Morgan fingerprint density at radius 3 is 2.32 bits per heavy atom. The largest absolute Gasteiger partial charge is 0.464 e. The maximum atomic E-state index is 12.7. The van der Waals surface area contributed by atoms with Gasteiger partial charge in [-0.1, -0.05) is 35.3 Å². The standard InChI is InChI=1S/C25H25Cl2N3O6S/c1-2-36-24(33)19(30-20-12-21(31)25(20)7-9-37(34,35)10-8-25)11-15-3-5-16(6-4-15)29-23(32)22-17(26)13-28-14-18(22)27/h3-6,13-14,19H,2,7-12H2,1H3,(H,29,32)/t19-/m0/s1. The second-order valence-electron chi connectivity index (χ2n) is 9.01. The molecule has 1 spiro atoms. The van der Waals surface area contributed by atoms with Gasteiger partial charge in [0.1, 0.15) is 15.6 Å². The number of hydrogen-bond acceptors (Lipinski definition) is 8. The van der Waals surface area contributed by atoms with Gasteiger partial charge in [0.15, 0.2) is 6.04 Å². The Labute approximate surface area is 224 Å². The van der Waals surface area contributed by atoms with Crippen molar-refractivity contribution >= 4 is 62.1 Å². The van der Waals surface area contributed by atoms with Gasteiger partial charge < -0.3 is 10.1 Å². The summed E-state index contributed by atoms with van der Waals surface area (Å²) in [6.07, 6.45) is 3.37. The van der Waals surface area contributed by atoms with Gasteiger partial charge in [-0.05, 0) is 37.5 Å². The number of nitrogens with one attached hydrogen (secondary N) is 1. The van der Waals surface area contributed by atoms with Gasteiger partial charge in [-0.15, -0.1) is 0 Å². The van der Waals surface area contributed by atoms with Gasteiger partial charge in [0, 0.05) is 36.6 Å². The Kier molecular flexibility index (Phi) is 8.01. The molecule has 1 saturated carbocycles. The van der Waals surface area contributed by atoms with Crippen LogP contribution in [0, 0.1) is 5.41 Å². The van der Waals surface area contributed by atoms with Gasteiger partial charge in [-0.25, -0.2) is 13.2 Å². The second-order valence-corrected chi connectivity index (χ2v) is 12.1. The number of halogens is 2. The zero-order valence-electron chi connectivity index (χ0n) is 20.0. The minimum absolute atomic E-state index is 0.0294. The topological polar surface area (TPSA) is 132 Å². The first kappa shape index (κ1) is 27.2. The molecule has 9 nitrogen and oxygen atoms in total. The molecule has 4 rings (SSSR count). The van der Waals surface area contributed by atoms with Crippen LogP contribution in [0.25, 0.3) is 0 Å². The molecule has 196 valence electrons. The number of amides is 1. The fourth-order valence-corrected chi connectivity index (χ4v) is 6.60. The number of ketones is 1. The van der Waals surface area contributed by atoms with E-state index >= 15 is 0 Å². The molecule has 1 aliphatic heterocycles. The average Bonchev–Trinajstić information content (AvgIpc) is 2.84. The maximum absolute atomic E-state index is 12.7. The van der Waals surface area contributed by atoms with Gasteiger partial charge in [0.05, 0.1) is 39.1 Å². The van der Waals surface area contributed by atoms with E-state index in [1.165, 1.54) is 12.4 Å². The zero-order chi connectivity index (χ0) is 26.8. The number of carbonyl (C=O) groups excluding carboxylic acids is 3. The third-order valence-corrected chi connectivity index (χ3v) is 8.91. The molecule has 1 aromatic carbocycles. The summed E-state index contributed by atoms with van der Waals surface area (Å²) in [4.78, 5) is 46.3. The van der Waals surface area contributed by atoms with Crippen molar-refractivity contribution in [3.63, 3.8) is 0 Å². The van der Waals surface area contributed by atoms with Crippen LogP contribution in [-0.2, 0) is 30.6 Å². The lowest BCUT2D eigenvalue weighted by atomic mass is 9.62. The molecule has 2 heterocycles. The molecule has 0 bridgehead atoms. The highest BCUT2D eigenvalue weighted by molar-refractivity contribution is 7.91. The molecule has 0 radical (unpaired) electrons. The van der Waals surface area contributed by atoms with Crippen LogP contribution >= 0.6 is 23.2 Å². The minimum Gasteiger partial charge on any atom is -0.464 e. The van der Waals surface area contributed by atoms with Gasteiger partial charge in [0.2, 0.25) is 0 Å². The lowest BCUT2D eigenvalue weighted by Gasteiger charge is -2.44. The van der Waals surface area contributed by atoms with Crippen LogP contribution in [0.3, 0.4) is 0 Å². The number of Topliss-reactive ketones (excluding diaryl/α,β-unsaturated/α-hetero) is 1. The minimum atomic E-state index is -3.16. The molecule has 2 aliphatic rings. The zero-order valence-corrected chi connectivity index (χ0v) is 22.3. The molecular formula is C25H25Cl2N3O6S. The van der Waals surface area contributed by atoms with Crippen LogP contribution in [0.15, 0.2) is 41.7 Å². The predicted molar refractivity (Wildman–Crippen MR) is 140 cm³/mol. The van der Waals surface area contributed by atoms with E-state index in [4.69, 9.17) is 27.9 Å². The fourth-order valence-electron chi connectivity index (χ4n) is 4.55. The molecule has 1 saturated heterocycles. The molecule has 2 aromatic rings. The number of anilines is 1. The predicted octanol–water partition coefficient (Wildman–Crippen LogP) is 3.72. The summed E-state index contributed by atoms with van der Waals surface area (Å²) in [5, 5.41) is 2.97. The van der Waals surface area contributed by atoms with Crippen molar-refractivity contribution in [3.8, 4) is 0 Å². The number of nitrogens with zero attached hydrogens (tertiary/aromatic N) is 2. The number of ether oxygens (including phenoxy) is 1. The number of pyridine rings is 1. The third kappa shape index (κ3) is 5.86. The third-order valence-electron chi connectivity index (χ3n) is 6.69. The van der Waals surface area contributed by atoms with E-state index in [0.717, 1.165) is 5.56 Å². The highest BCUT2D eigenvalue weighted by atomic mass is 35.5. The van der Waals surface area contributed by atoms with Crippen LogP contribution in [0.1, 0.15) is 42.1 Å². The normalized spacial score (nSPS) is 19.8. The van der Waals surface area contributed by atoms with Crippen LogP contribution in [0.2, 0.25) is 10.0 Å². The number of aliphatic imine (C=N–C) groups is 1. The summed E-state index contributed by atoms with van der Waals surface area (Å²) in [6.45, 7) is 1.87. The van der Waals surface area contributed by atoms with Crippen LogP contribution in [0.4, 0.5) is 5.69 Å². The van der Waals surface area contributed by atoms with Crippen LogP contribution in [0.5, 0.6) is 0 Å². The Hall–Kier alpha value is -2.82. The molecule has 1 N–H and O–H groups in total. The molecule has 1 aliphatic carbocycles. The Balaban J connectivity index is 1.50. The van der Waals surface area contributed by atoms with E-state index in [1.54, 1.807) is 31.2 Å². The van der Waals surface area contributed by atoms with Crippen molar-refractivity contribution in [2.75, 3.05) is 23.4 Å². The smallest absolute Gasteiger partial charge is 0.331 e. The summed E-state index contributed by atoms with van der Waals surface area (Å²) >= 11 is 12.1. The second kappa shape index (κ2) is 10.9. The van der Waals surface area contributed by atoms with Crippen molar-refractivity contribution in [2.24, 2.45) is 10.4 Å². The molecule has 12 heteroatoms. The first-order valence-corrected chi connectivity index (χ1v) is 14.3. The number of esters is 1. The molecule has 1 amide bonds. The Morgan fingerprint density at radius 2 is 1.76 bits per heavy atom. The molecule has 0 unspecified atom stereocenters. The summed E-state index contributed by atoms with van der Waals surface area (Å²) in [5.41, 5.74) is 1.04. The quantitative estimate of drug-likeness (QED) is 0.506. The monoisotopic (exact) mass is 565 g/mol. The number of benzene rings is 1. The molecule has 37 heavy (non-hydrogen) atoms. The van der Waals surface area contributed by atoms with E-state index in [9.17, 15) is 22.8 Å². The number of rotatable bonds is 7. The number of hydrogen-bond donors (Lipinski definition) is 1. The lowest BCUT2D eigenvalue weighted by Crippen LogP contribution is -2.55.